The van der Waals surface area contributed by atoms with Gasteiger partial charge in [-0.3, -0.25) is 9.67 Å². The van der Waals surface area contributed by atoms with Crippen LogP contribution in [0.2, 0.25) is 0 Å². The lowest BCUT2D eigenvalue weighted by Gasteiger charge is -2.16. The second-order valence-electron chi connectivity index (χ2n) is 3.29. The second-order valence-corrected chi connectivity index (χ2v) is 3.29. The summed E-state index contributed by atoms with van der Waals surface area (Å²) in [5.74, 6) is -0.106. The molecule has 2 N–H and O–H groups in total. The summed E-state index contributed by atoms with van der Waals surface area (Å²) in [7, 11) is 0. The van der Waals surface area contributed by atoms with Crippen molar-refractivity contribution in [3.05, 3.63) is 17.2 Å². The number of nitrogens with zero attached hydrogens (tertiary/aromatic N) is 3. The molecule has 0 saturated heterocycles. The van der Waals surface area contributed by atoms with E-state index in [1.165, 1.54) is 0 Å². The van der Waals surface area contributed by atoms with E-state index in [1.807, 2.05) is 6.92 Å². The molecule has 1 unspecified atom stereocenters. The summed E-state index contributed by atoms with van der Waals surface area (Å²) in [6, 6.07) is 0.0752. The van der Waals surface area contributed by atoms with Crippen molar-refractivity contribution < 1.29 is 4.39 Å². The molecule has 0 amide bonds. The van der Waals surface area contributed by atoms with Gasteiger partial charge in [-0.2, -0.15) is 5.10 Å². The third kappa shape index (κ3) is 1.11. The number of rotatable bonds is 0. The molecule has 0 bridgehead atoms. The molecule has 0 aromatic carbocycles. The van der Waals surface area contributed by atoms with Gasteiger partial charge < -0.3 is 5.73 Å². The van der Waals surface area contributed by atoms with Gasteiger partial charge in [-0.15, -0.1) is 0 Å². The quantitative estimate of drug-likeness (QED) is 0.632. The van der Waals surface area contributed by atoms with E-state index in [0.29, 0.717) is 17.9 Å². The first-order valence-corrected chi connectivity index (χ1v) is 4.16. The van der Waals surface area contributed by atoms with Crippen LogP contribution in [-0.2, 0) is 6.54 Å². The normalized spacial score (nSPS) is 21.2. The minimum absolute atomic E-state index is 0.0752. The Morgan fingerprint density at radius 2 is 2.31 bits per heavy atom. The third-order valence-electron chi connectivity index (χ3n) is 2.09. The van der Waals surface area contributed by atoms with Crippen LogP contribution in [0.5, 0.6) is 0 Å². The number of halogens is 1. The van der Waals surface area contributed by atoms with Crippen LogP contribution in [0.1, 0.15) is 18.3 Å². The number of hydrogen-bond donors (Lipinski definition) is 1. The van der Waals surface area contributed by atoms with Crippen molar-refractivity contribution in [3.63, 3.8) is 0 Å². The zero-order chi connectivity index (χ0) is 9.59. The Hall–Kier alpha value is -1.39. The molecule has 1 aromatic rings. The molecule has 1 aliphatic rings. The van der Waals surface area contributed by atoms with E-state index in [2.05, 4.69) is 10.1 Å². The summed E-state index contributed by atoms with van der Waals surface area (Å²) in [5.41, 5.74) is 6.31. The largest absolute Gasteiger partial charge is 0.382 e. The highest BCUT2D eigenvalue weighted by molar-refractivity contribution is 5.96. The molecule has 70 valence electrons. The van der Waals surface area contributed by atoms with Crippen molar-refractivity contribution in [1.82, 2.24) is 9.78 Å². The lowest BCUT2D eigenvalue weighted by Crippen LogP contribution is -2.30. The number of nitrogens with two attached hydrogens (primary N) is 1. The van der Waals surface area contributed by atoms with Gasteiger partial charge in [-0.05, 0) is 13.8 Å². The molecule has 1 aliphatic heterocycles. The van der Waals surface area contributed by atoms with E-state index in [9.17, 15) is 4.39 Å². The minimum Gasteiger partial charge on any atom is -0.382 e. The van der Waals surface area contributed by atoms with E-state index in [-0.39, 0.29) is 17.7 Å². The number of fused-ring (bicyclic) bond motifs is 1. The van der Waals surface area contributed by atoms with Crippen molar-refractivity contribution in [2.75, 3.05) is 0 Å². The molecular weight excluding hydrogens is 171 g/mol. The van der Waals surface area contributed by atoms with E-state index >= 15 is 0 Å². The Bertz CT molecular complexity index is 380. The average molecular weight is 182 g/mol. The summed E-state index contributed by atoms with van der Waals surface area (Å²) in [6.07, 6.45) is 0. The van der Waals surface area contributed by atoms with Gasteiger partial charge in [0.1, 0.15) is 11.5 Å². The standard InChI is InChI=1S/C8H11FN4/c1-4-3-13-7(8(10)11-4)6(9)5(2)12-13/h4H,3H2,1-2H3,(H2,10,11). The zero-order valence-electron chi connectivity index (χ0n) is 7.58. The Morgan fingerprint density at radius 3 is 3.00 bits per heavy atom. The fourth-order valence-corrected chi connectivity index (χ4v) is 1.53. The monoisotopic (exact) mass is 182 g/mol. The molecule has 0 spiro atoms. The Kier molecular flexibility index (Phi) is 1.61. The summed E-state index contributed by atoms with van der Waals surface area (Å²) >= 11 is 0. The molecule has 4 nitrogen and oxygen atoms in total. The van der Waals surface area contributed by atoms with Crippen molar-refractivity contribution in [3.8, 4) is 0 Å². The van der Waals surface area contributed by atoms with Crippen LogP contribution in [0.25, 0.3) is 0 Å². The van der Waals surface area contributed by atoms with Crippen molar-refractivity contribution in [2.45, 2.75) is 26.4 Å². The lowest BCUT2D eigenvalue weighted by molar-refractivity contribution is 0.513. The first-order valence-electron chi connectivity index (χ1n) is 4.16. The van der Waals surface area contributed by atoms with Crippen LogP contribution in [0, 0.1) is 12.7 Å². The zero-order valence-corrected chi connectivity index (χ0v) is 7.58. The Balaban J connectivity index is 2.60. The molecule has 0 fully saturated rings. The van der Waals surface area contributed by atoms with Crippen LogP contribution < -0.4 is 5.73 Å². The summed E-state index contributed by atoms with van der Waals surface area (Å²) in [4.78, 5) is 4.09. The van der Waals surface area contributed by atoms with Crippen LogP contribution >= 0.6 is 0 Å². The summed E-state index contributed by atoms with van der Waals surface area (Å²) < 4.78 is 15.0. The summed E-state index contributed by atoms with van der Waals surface area (Å²) in [5, 5.41) is 4.03. The van der Waals surface area contributed by atoms with Gasteiger partial charge in [0.15, 0.2) is 5.82 Å². The first-order chi connectivity index (χ1) is 6.09. The molecule has 0 saturated carbocycles. The number of aromatic nitrogens is 2. The van der Waals surface area contributed by atoms with E-state index in [0.717, 1.165) is 0 Å². The molecule has 13 heavy (non-hydrogen) atoms. The van der Waals surface area contributed by atoms with Crippen molar-refractivity contribution >= 4 is 5.84 Å². The van der Waals surface area contributed by atoms with Crippen LogP contribution in [0.4, 0.5) is 4.39 Å². The lowest BCUT2D eigenvalue weighted by atomic mass is 10.2. The highest BCUT2D eigenvalue weighted by Crippen LogP contribution is 2.16. The van der Waals surface area contributed by atoms with Gasteiger partial charge in [0.05, 0.1) is 18.3 Å². The van der Waals surface area contributed by atoms with Crippen LogP contribution in [0.3, 0.4) is 0 Å². The maximum Gasteiger partial charge on any atom is 0.175 e. The van der Waals surface area contributed by atoms with Gasteiger partial charge in [0.25, 0.3) is 0 Å². The molecular formula is C8H11FN4. The topological polar surface area (TPSA) is 56.2 Å². The number of aliphatic imine (C=N–C) groups is 1. The fourth-order valence-electron chi connectivity index (χ4n) is 1.53. The average Bonchev–Trinajstić information content (AvgIpc) is 2.27. The highest BCUT2D eigenvalue weighted by atomic mass is 19.1. The Morgan fingerprint density at radius 1 is 1.62 bits per heavy atom. The van der Waals surface area contributed by atoms with Crippen LogP contribution in [-0.4, -0.2) is 21.7 Å². The molecule has 1 aromatic heterocycles. The van der Waals surface area contributed by atoms with Gasteiger partial charge >= 0.3 is 0 Å². The maximum atomic E-state index is 13.4. The van der Waals surface area contributed by atoms with E-state index < -0.39 is 0 Å². The third-order valence-corrected chi connectivity index (χ3v) is 2.09. The maximum absolute atomic E-state index is 13.4. The minimum atomic E-state index is -0.354. The SMILES string of the molecule is Cc1nn2c(c1F)C(N)=NC(C)C2. The number of hydrogen-bond acceptors (Lipinski definition) is 3. The van der Waals surface area contributed by atoms with Gasteiger partial charge in [-0.25, -0.2) is 4.39 Å². The number of amidine groups is 1. The Labute approximate surface area is 75.3 Å². The summed E-state index contributed by atoms with van der Waals surface area (Å²) in [6.45, 7) is 4.14. The molecule has 5 heteroatoms. The fraction of sp³-hybridized carbons (Fsp3) is 0.500. The predicted octanol–water partition coefficient (Wildman–Crippen LogP) is 0.438. The predicted molar refractivity (Wildman–Crippen MR) is 47.1 cm³/mol. The number of aryl methyl sites for hydroxylation is 1. The van der Waals surface area contributed by atoms with Gasteiger partial charge in [-0.1, -0.05) is 0 Å². The van der Waals surface area contributed by atoms with E-state index in [4.69, 9.17) is 5.73 Å². The van der Waals surface area contributed by atoms with Crippen molar-refractivity contribution in [2.24, 2.45) is 10.7 Å². The van der Waals surface area contributed by atoms with E-state index in [1.54, 1.807) is 11.6 Å². The van der Waals surface area contributed by atoms with Gasteiger partial charge in [0, 0.05) is 0 Å². The highest BCUT2D eigenvalue weighted by Gasteiger charge is 2.23. The van der Waals surface area contributed by atoms with Gasteiger partial charge in [0.2, 0.25) is 0 Å². The smallest absolute Gasteiger partial charge is 0.175 e. The van der Waals surface area contributed by atoms with Crippen LogP contribution in [0.15, 0.2) is 4.99 Å². The molecule has 0 aliphatic carbocycles. The first kappa shape index (κ1) is 8.22. The van der Waals surface area contributed by atoms with Crippen molar-refractivity contribution in [1.29, 1.82) is 0 Å². The molecule has 2 heterocycles. The second kappa shape index (κ2) is 2.55. The molecule has 1 atom stereocenters. The molecule has 2 rings (SSSR count). The molecule has 0 radical (unpaired) electrons.